The summed E-state index contributed by atoms with van der Waals surface area (Å²) in [5.41, 5.74) is 0.832. The van der Waals surface area contributed by atoms with E-state index in [2.05, 4.69) is 4.90 Å². The second-order valence-electron chi connectivity index (χ2n) is 8.53. The molecule has 4 rings (SSSR count). The molecule has 3 aliphatic heterocycles. The lowest BCUT2D eigenvalue weighted by Crippen LogP contribution is -2.44. The molecule has 3 saturated heterocycles. The Morgan fingerprint density at radius 2 is 1.93 bits per heavy atom. The average molecular weight is 374 g/mol. The number of carbonyl (C=O) groups excluding carboxylic acids is 1. The van der Waals surface area contributed by atoms with E-state index in [-0.39, 0.29) is 29.3 Å². The minimum absolute atomic E-state index is 0.0441. The Bertz CT molecular complexity index is 655. The molecule has 3 fully saturated rings. The van der Waals surface area contributed by atoms with Crippen LogP contribution in [-0.4, -0.2) is 77.5 Å². The van der Waals surface area contributed by atoms with Gasteiger partial charge in [0.25, 0.3) is 5.91 Å². The zero-order valence-corrected chi connectivity index (χ0v) is 15.8. The van der Waals surface area contributed by atoms with E-state index >= 15 is 0 Å². The Balaban J connectivity index is 1.28. The van der Waals surface area contributed by atoms with E-state index in [0.29, 0.717) is 5.56 Å². The normalized spacial score (nSPS) is 28.6. The molecule has 0 radical (unpaired) electrons. The number of amides is 1. The van der Waals surface area contributed by atoms with Crippen LogP contribution in [-0.2, 0) is 4.74 Å². The average Bonchev–Trinajstić information content (AvgIpc) is 3.04. The van der Waals surface area contributed by atoms with Crippen molar-refractivity contribution in [1.82, 2.24) is 9.80 Å². The smallest absolute Gasteiger partial charge is 0.253 e. The monoisotopic (exact) mass is 374 g/mol. The van der Waals surface area contributed by atoms with Gasteiger partial charge in [-0.25, -0.2) is 0 Å². The molecule has 3 heterocycles. The molecule has 6 heteroatoms. The van der Waals surface area contributed by atoms with Crippen molar-refractivity contribution in [2.75, 3.05) is 39.3 Å². The SMILES string of the molecule is O=C(c1ccc(O)cc1)N1CCC2(CC1)CO[C@H](CN1CCC[C@H](O)C1)C2. The predicted molar refractivity (Wildman–Crippen MR) is 102 cm³/mol. The van der Waals surface area contributed by atoms with Gasteiger partial charge in [-0.2, -0.15) is 0 Å². The highest BCUT2D eigenvalue weighted by Crippen LogP contribution is 2.42. The number of phenolic OH excluding ortho intramolecular Hbond substituents is 1. The second-order valence-corrected chi connectivity index (χ2v) is 8.53. The summed E-state index contributed by atoms with van der Waals surface area (Å²) in [6.07, 6.45) is 5.05. The number of aliphatic hydroxyl groups is 1. The fourth-order valence-electron chi connectivity index (χ4n) is 4.82. The summed E-state index contributed by atoms with van der Waals surface area (Å²) in [4.78, 5) is 16.9. The highest BCUT2D eigenvalue weighted by atomic mass is 16.5. The van der Waals surface area contributed by atoms with Gasteiger partial charge in [-0.15, -0.1) is 0 Å². The van der Waals surface area contributed by atoms with Gasteiger partial charge in [0.05, 0.1) is 18.8 Å². The first-order chi connectivity index (χ1) is 13.0. The van der Waals surface area contributed by atoms with Gasteiger partial charge in [-0.3, -0.25) is 9.69 Å². The van der Waals surface area contributed by atoms with E-state index in [1.165, 1.54) is 0 Å². The molecule has 0 unspecified atom stereocenters. The Kier molecular flexibility index (Phi) is 5.39. The van der Waals surface area contributed by atoms with Crippen LogP contribution < -0.4 is 0 Å². The Morgan fingerprint density at radius 3 is 2.63 bits per heavy atom. The number of piperidine rings is 2. The molecule has 0 bridgehead atoms. The minimum Gasteiger partial charge on any atom is -0.508 e. The first-order valence-electron chi connectivity index (χ1n) is 10.1. The first-order valence-corrected chi connectivity index (χ1v) is 10.1. The molecule has 6 nitrogen and oxygen atoms in total. The number of carbonyl (C=O) groups is 1. The fourth-order valence-corrected chi connectivity index (χ4v) is 4.82. The van der Waals surface area contributed by atoms with E-state index in [4.69, 9.17) is 4.74 Å². The number of aromatic hydroxyl groups is 1. The zero-order valence-electron chi connectivity index (χ0n) is 15.8. The van der Waals surface area contributed by atoms with Crippen molar-refractivity contribution in [3.63, 3.8) is 0 Å². The first kappa shape index (κ1) is 18.7. The lowest BCUT2D eigenvalue weighted by atomic mass is 9.76. The molecule has 27 heavy (non-hydrogen) atoms. The van der Waals surface area contributed by atoms with Gasteiger partial charge in [0.2, 0.25) is 0 Å². The molecule has 1 aromatic carbocycles. The Morgan fingerprint density at radius 1 is 1.19 bits per heavy atom. The van der Waals surface area contributed by atoms with Crippen LogP contribution in [0, 0.1) is 5.41 Å². The molecular formula is C21H30N2O4. The number of aliphatic hydroxyl groups excluding tert-OH is 1. The van der Waals surface area contributed by atoms with E-state index in [0.717, 1.165) is 71.4 Å². The van der Waals surface area contributed by atoms with Crippen LogP contribution in [0.1, 0.15) is 42.5 Å². The summed E-state index contributed by atoms with van der Waals surface area (Å²) < 4.78 is 6.12. The highest BCUT2D eigenvalue weighted by molar-refractivity contribution is 5.94. The topological polar surface area (TPSA) is 73.2 Å². The molecule has 1 spiro atoms. The highest BCUT2D eigenvalue weighted by Gasteiger charge is 2.43. The van der Waals surface area contributed by atoms with Crippen molar-refractivity contribution in [2.45, 2.75) is 44.3 Å². The van der Waals surface area contributed by atoms with Gasteiger partial charge in [0, 0.05) is 31.7 Å². The summed E-state index contributed by atoms with van der Waals surface area (Å²) >= 11 is 0. The summed E-state index contributed by atoms with van der Waals surface area (Å²) in [6.45, 7) is 5.04. The lowest BCUT2D eigenvalue weighted by Gasteiger charge is -2.38. The Labute approximate surface area is 160 Å². The maximum atomic E-state index is 12.7. The number of nitrogens with zero attached hydrogens (tertiary/aromatic N) is 2. The summed E-state index contributed by atoms with van der Waals surface area (Å²) in [5, 5.41) is 19.2. The number of benzene rings is 1. The van der Waals surface area contributed by atoms with Crippen molar-refractivity contribution in [1.29, 1.82) is 0 Å². The standard InChI is InChI=1S/C21H30N2O4/c24-17-5-3-16(4-6-17)20(26)23-10-7-21(8-11-23)12-19(27-15-21)14-22-9-1-2-18(25)13-22/h3-6,18-19,24-25H,1-2,7-15H2/t18-,19-/m0/s1. The third kappa shape index (κ3) is 4.28. The van der Waals surface area contributed by atoms with Gasteiger partial charge in [-0.1, -0.05) is 0 Å². The third-order valence-corrected chi connectivity index (χ3v) is 6.45. The summed E-state index contributed by atoms with van der Waals surface area (Å²) in [7, 11) is 0. The quantitative estimate of drug-likeness (QED) is 0.845. The molecule has 1 aromatic rings. The molecule has 0 saturated carbocycles. The van der Waals surface area contributed by atoms with Crippen LogP contribution in [0.5, 0.6) is 5.75 Å². The molecular weight excluding hydrogens is 344 g/mol. The lowest BCUT2D eigenvalue weighted by molar-refractivity contribution is 0.0227. The van der Waals surface area contributed by atoms with Gasteiger partial charge in [-0.05, 0) is 68.3 Å². The van der Waals surface area contributed by atoms with Crippen molar-refractivity contribution in [3.8, 4) is 5.75 Å². The minimum atomic E-state index is -0.191. The van der Waals surface area contributed by atoms with Crippen molar-refractivity contribution >= 4 is 5.91 Å². The second kappa shape index (κ2) is 7.78. The van der Waals surface area contributed by atoms with Gasteiger partial charge >= 0.3 is 0 Å². The zero-order chi connectivity index (χ0) is 18.9. The molecule has 2 N–H and O–H groups in total. The van der Waals surface area contributed by atoms with Crippen LogP contribution >= 0.6 is 0 Å². The van der Waals surface area contributed by atoms with Crippen LogP contribution in [0.15, 0.2) is 24.3 Å². The number of hydrogen-bond acceptors (Lipinski definition) is 5. The number of likely N-dealkylation sites (tertiary alicyclic amines) is 2. The molecule has 0 aliphatic carbocycles. The maximum absolute atomic E-state index is 12.7. The van der Waals surface area contributed by atoms with Crippen LogP contribution in [0.25, 0.3) is 0 Å². The summed E-state index contributed by atoms with van der Waals surface area (Å²) in [6, 6.07) is 6.49. The van der Waals surface area contributed by atoms with Crippen molar-refractivity contribution in [2.24, 2.45) is 5.41 Å². The molecule has 0 aromatic heterocycles. The number of rotatable bonds is 3. The van der Waals surface area contributed by atoms with Crippen LogP contribution in [0.2, 0.25) is 0 Å². The largest absolute Gasteiger partial charge is 0.508 e. The van der Waals surface area contributed by atoms with Gasteiger partial charge in [0.15, 0.2) is 0 Å². The molecule has 3 aliphatic rings. The molecule has 1 amide bonds. The van der Waals surface area contributed by atoms with Crippen molar-refractivity contribution < 1.29 is 19.7 Å². The van der Waals surface area contributed by atoms with E-state index in [1.807, 2.05) is 4.90 Å². The van der Waals surface area contributed by atoms with Crippen LogP contribution in [0.4, 0.5) is 0 Å². The van der Waals surface area contributed by atoms with E-state index < -0.39 is 0 Å². The van der Waals surface area contributed by atoms with Crippen molar-refractivity contribution in [3.05, 3.63) is 29.8 Å². The number of phenols is 1. The van der Waals surface area contributed by atoms with E-state index in [9.17, 15) is 15.0 Å². The molecule has 2 atom stereocenters. The fraction of sp³-hybridized carbons (Fsp3) is 0.667. The third-order valence-electron chi connectivity index (χ3n) is 6.45. The Hall–Kier alpha value is -1.63. The van der Waals surface area contributed by atoms with Crippen LogP contribution in [0.3, 0.4) is 0 Å². The van der Waals surface area contributed by atoms with E-state index in [1.54, 1.807) is 24.3 Å². The number of β-amino-alcohol motifs (C(OH)–C–C–N with tert-alkyl or cyclic N) is 1. The number of ether oxygens (including phenoxy) is 1. The maximum Gasteiger partial charge on any atom is 0.253 e. The van der Waals surface area contributed by atoms with Gasteiger partial charge < -0.3 is 19.8 Å². The summed E-state index contributed by atoms with van der Waals surface area (Å²) in [5.74, 6) is 0.224. The van der Waals surface area contributed by atoms with Gasteiger partial charge in [0.1, 0.15) is 5.75 Å². The number of hydrogen-bond donors (Lipinski definition) is 2. The molecule has 148 valence electrons. The predicted octanol–water partition coefficient (Wildman–Crippen LogP) is 1.86.